The van der Waals surface area contributed by atoms with Gasteiger partial charge in [-0.25, -0.2) is 9.97 Å². The first kappa shape index (κ1) is 15.7. The van der Waals surface area contributed by atoms with Gasteiger partial charge in [-0.3, -0.25) is 4.79 Å². The van der Waals surface area contributed by atoms with Crippen LogP contribution in [-0.4, -0.2) is 45.5 Å². The SMILES string of the molecule is COCc1ncc(C)n1C1CCN(C(=O)c2ocnc2C)CC1. The van der Waals surface area contributed by atoms with Gasteiger partial charge in [-0.05, 0) is 26.7 Å². The molecule has 1 fully saturated rings. The number of nitrogens with zero attached hydrogens (tertiary/aromatic N) is 4. The molecule has 0 aliphatic carbocycles. The van der Waals surface area contributed by atoms with E-state index < -0.39 is 0 Å². The molecule has 0 atom stereocenters. The van der Waals surface area contributed by atoms with Crippen LogP contribution in [0.3, 0.4) is 0 Å². The summed E-state index contributed by atoms with van der Waals surface area (Å²) in [4.78, 5) is 22.7. The van der Waals surface area contributed by atoms with Gasteiger partial charge in [0.05, 0.1) is 5.69 Å². The molecule has 0 aromatic carbocycles. The van der Waals surface area contributed by atoms with Crippen LogP contribution in [0, 0.1) is 13.8 Å². The first-order chi connectivity index (χ1) is 11.1. The van der Waals surface area contributed by atoms with Gasteiger partial charge >= 0.3 is 0 Å². The zero-order chi connectivity index (χ0) is 16.4. The molecule has 1 amide bonds. The normalized spacial score (nSPS) is 16.0. The molecule has 7 heteroatoms. The van der Waals surface area contributed by atoms with Gasteiger partial charge in [-0.1, -0.05) is 0 Å². The van der Waals surface area contributed by atoms with E-state index in [1.54, 1.807) is 14.0 Å². The van der Waals surface area contributed by atoms with Crippen LogP contribution in [-0.2, 0) is 11.3 Å². The van der Waals surface area contributed by atoms with Gasteiger partial charge in [0.25, 0.3) is 5.91 Å². The molecular formula is C16H22N4O3. The number of methoxy groups -OCH3 is 1. The molecule has 0 saturated carbocycles. The molecule has 1 saturated heterocycles. The van der Waals surface area contributed by atoms with Gasteiger partial charge < -0.3 is 18.6 Å². The van der Waals surface area contributed by atoms with E-state index in [2.05, 4.69) is 21.5 Å². The third-order valence-corrected chi connectivity index (χ3v) is 4.39. The first-order valence-corrected chi connectivity index (χ1v) is 7.82. The summed E-state index contributed by atoms with van der Waals surface area (Å²) in [5.41, 5.74) is 1.78. The molecule has 23 heavy (non-hydrogen) atoms. The lowest BCUT2D eigenvalue weighted by Gasteiger charge is -2.33. The highest BCUT2D eigenvalue weighted by Crippen LogP contribution is 2.27. The van der Waals surface area contributed by atoms with Crippen LogP contribution in [0.15, 0.2) is 17.0 Å². The van der Waals surface area contributed by atoms with Gasteiger partial charge in [-0.15, -0.1) is 0 Å². The van der Waals surface area contributed by atoms with E-state index in [0.717, 1.165) is 24.4 Å². The number of rotatable bonds is 4. The first-order valence-electron chi connectivity index (χ1n) is 7.82. The Kier molecular flexibility index (Phi) is 4.47. The number of likely N-dealkylation sites (tertiary alicyclic amines) is 1. The second kappa shape index (κ2) is 6.54. The highest BCUT2D eigenvalue weighted by molar-refractivity contribution is 5.92. The highest BCUT2D eigenvalue weighted by atomic mass is 16.5. The minimum absolute atomic E-state index is 0.0714. The van der Waals surface area contributed by atoms with Crippen LogP contribution in [0.25, 0.3) is 0 Å². The van der Waals surface area contributed by atoms with Crippen molar-refractivity contribution < 1.29 is 13.9 Å². The van der Waals surface area contributed by atoms with E-state index >= 15 is 0 Å². The van der Waals surface area contributed by atoms with Crippen molar-refractivity contribution in [2.75, 3.05) is 20.2 Å². The summed E-state index contributed by atoms with van der Waals surface area (Å²) in [6, 6.07) is 0.350. The van der Waals surface area contributed by atoms with Gasteiger partial charge in [0, 0.05) is 38.1 Å². The topological polar surface area (TPSA) is 73.4 Å². The smallest absolute Gasteiger partial charge is 0.291 e. The molecule has 2 aromatic heterocycles. The number of aromatic nitrogens is 3. The van der Waals surface area contributed by atoms with Crippen LogP contribution in [0.5, 0.6) is 0 Å². The molecule has 3 heterocycles. The largest absolute Gasteiger partial charge is 0.438 e. The van der Waals surface area contributed by atoms with Crippen molar-refractivity contribution in [3.63, 3.8) is 0 Å². The van der Waals surface area contributed by atoms with E-state index in [9.17, 15) is 4.79 Å². The minimum Gasteiger partial charge on any atom is -0.438 e. The van der Waals surface area contributed by atoms with Crippen LogP contribution in [0.1, 0.15) is 46.7 Å². The minimum atomic E-state index is -0.0714. The standard InChI is InChI=1S/C16H22N4O3/c1-11-8-17-14(9-22-3)20(11)13-4-6-19(7-5-13)16(21)15-12(2)18-10-23-15/h8,10,13H,4-7,9H2,1-3H3. The molecule has 0 spiro atoms. The molecule has 0 unspecified atom stereocenters. The molecule has 0 radical (unpaired) electrons. The van der Waals surface area contributed by atoms with E-state index in [1.165, 1.54) is 6.39 Å². The number of imidazole rings is 1. The zero-order valence-electron chi connectivity index (χ0n) is 13.8. The maximum Gasteiger partial charge on any atom is 0.291 e. The molecule has 7 nitrogen and oxygen atoms in total. The van der Waals surface area contributed by atoms with Crippen molar-refractivity contribution in [2.45, 2.75) is 39.3 Å². The Labute approximate surface area is 135 Å². The van der Waals surface area contributed by atoms with Crippen molar-refractivity contribution >= 4 is 5.91 Å². The Morgan fingerprint density at radius 3 is 2.70 bits per heavy atom. The molecular weight excluding hydrogens is 296 g/mol. The summed E-state index contributed by atoms with van der Waals surface area (Å²) in [6.45, 7) is 5.75. The molecule has 124 valence electrons. The number of hydrogen-bond donors (Lipinski definition) is 0. The number of amides is 1. The summed E-state index contributed by atoms with van der Waals surface area (Å²) in [5.74, 6) is 1.22. The molecule has 0 N–H and O–H groups in total. The zero-order valence-corrected chi connectivity index (χ0v) is 13.8. The summed E-state index contributed by atoms with van der Waals surface area (Å²) in [5, 5.41) is 0. The number of hydrogen-bond acceptors (Lipinski definition) is 5. The average molecular weight is 318 g/mol. The monoisotopic (exact) mass is 318 g/mol. The number of oxazole rings is 1. The quantitative estimate of drug-likeness (QED) is 0.863. The predicted molar refractivity (Wildman–Crippen MR) is 83.1 cm³/mol. The fourth-order valence-electron chi connectivity index (χ4n) is 3.21. The molecule has 0 bridgehead atoms. The number of carbonyl (C=O) groups excluding carboxylic acids is 1. The lowest BCUT2D eigenvalue weighted by Crippen LogP contribution is -2.39. The third-order valence-electron chi connectivity index (χ3n) is 4.39. The van der Waals surface area contributed by atoms with Crippen LogP contribution >= 0.6 is 0 Å². The van der Waals surface area contributed by atoms with E-state index in [4.69, 9.17) is 9.15 Å². The lowest BCUT2D eigenvalue weighted by atomic mass is 10.0. The predicted octanol–water partition coefficient (Wildman–Crippen LogP) is 2.11. The molecule has 2 aromatic rings. The summed E-state index contributed by atoms with van der Waals surface area (Å²) >= 11 is 0. The average Bonchev–Trinajstić information content (AvgIpc) is 3.13. The second-order valence-corrected chi connectivity index (χ2v) is 5.91. The second-order valence-electron chi connectivity index (χ2n) is 5.91. The van der Waals surface area contributed by atoms with Crippen molar-refractivity contribution in [3.05, 3.63) is 35.6 Å². The number of carbonyl (C=O) groups is 1. The van der Waals surface area contributed by atoms with Crippen molar-refractivity contribution in [1.82, 2.24) is 19.4 Å². The Morgan fingerprint density at radius 2 is 2.09 bits per heavy atom. The Bertz CT molecular complexity index is 683. The lowest BCUT2D eigenvalue weighted by molar-refractivity contribution is 0.0657. The van der Waals surface area contributed by atoms with Crippen molar-refractivity contribution in [1.29, 1.82) is 0 Å². The molecule has 1 aliphatic heterocycles. The summed E-state index contributed by atoms with van der Waals surface area (Å²) in [6.07, 6.45) is 4.99. The van der Waals surface area contributed by atoms with Crippen molar-refractivity contribution in [2.24, 2.45) is 0 Å². The Balaban J connectivity index is 1.68. The Morgan fingerprint density at radius 1 is 1.35 bits per heavy atom. The third kappa shape index (κ3) is 3.01. The number of ether oxygens (including phenoxy) is 1. The van der Waals surface area contributed by atoms with E-state index in [1.807, 2.05) is 11.1 Å². The molecule has 1 aliphatic rings. The van der Waals surface area contributed by atoms with E-state index in [-0.39, 0.29) is 5.91 Å². The Hall–Kier alpha value is -2.15. The van der Waals surface area contributed by atoms with Gasteiger partial charge in [0.1, 0.15) is 12.4 Å². The van der Waals surface area contributed by atoms with Crippen LogP contribution in [0.2, 0.25) is 0 Å². The highest BCUT2D eigenvalue weighted by Gasteiger charge is 2.28. The van der Waals surface area contributed by atoms with Gasteiger partial charge in [-0.2, -0.15) is 0 Å². The van der Waals surface area contributed by atoms with E-state index in [0.29, 0.717) is 37.2 Å². The number of piperidine rings is 1. The van der Waals surface area contributed by atoms with Crippen LogP contribution in [0.4, 0.5) is 0 Å². The maximum absolute atomic E-state index is 12.5. The maximum atomic E-state index is 12.5. The van der Waals surface area contributed by atoms with Crippen molar-refractivity contribution in [3.8, 4) is 0 Å². The summed E-state index contributed by atoms with van der Waals surface area (Å²) < 4.78 is 12.7. The number of aryl methyl sites for hydroxylation is 2. The van der Waals surface area contributed by atoms with Gasteiger partial charge in [0.2, 0.25) is 5.76 Å². The van der Waals surface area contributed by atoms with Crippen LogP contribution < -0.4 is 0 Å². The summed E-state index contributed by atoms with van der Waals surface area (Å²) in [7, 11) is 1.68. The fraction of sp³-hybridized carbons (Fsp3) is 0.562. The van der Waals surface area contributed by atoms with Gasteiger partial charge in [0.15, 0.2) is 6.39 Å². The fourth-order valence-corrected chi connectivity index (χ4v) is 3.21. The molecule has 3 rings (SSSR count).